The Bertz CT molecular complexity index is 88.1. The van der Waals surface area contributed by atoms with E-state index >= 15 is 0 Å². The molecule has 62 valence electrons. The van der Waals surface area contributed by atoms with Gasteiger partial charge in [0.25, 0.3) is 0 Å². The molecular weight excluding hydrogens is 153 g/mol. The summed E-state index contributed by atoms with van der Waals surface area (Å²) in [6.45, 7) is 5.44. The summed E-state index contributed by atoms with van der Waals surface area (Å²) in [5, 5.41) is 0. The van der Waals surface area contributed by atoms with Gasteiger partial charge in [-0.2, -0.15) is 0 Å². The molecule has 0 aliphatic rings. The van der Waals surface area contributed by atoms with Crippen LogP contribution in [0.4, 0.5) is 8.78 Å². The minimum Gasteiger partial charge on any atom is -0.250 e. The van der Waals surface area contributed by atoms with Crippen molar-refractivity contribution in [3.63, 3.8) is 0 Å². The van der Waals surface area contributed by atoms with E-state index in [9.17, 15) is 8.78 Å². The molecule has 2 atom stereocenters. The van der Waals surface area contributed by atoms with Crippen LogP contribution in [0.2, 0.25) is 0 Å². The Labute approximate surface area is 63.2 Å². The molecule has 0 spiro atoms. The number of halogens is 2. The maximum atomic E-state index is 12.2. The molecule has 0 bridgehead atoms. The van der Waals surface area contributed by atoms with Gasteiger partial charge >= 0.3 is 0 Å². The Hall–Kier alpha value is 0.290. The topological polar surface area (TPSA) is 0 Å². The maximum absolute atomic E-state index is 12.2. The van der Waals surface area contributed by atoms with E-state index in [0.717, 1.165) is 0 Å². The van der Waals surface area contributed by atoms with E-state index in [1.165, 1.54) is 0 Å². The summed E-state index contributed by atoms with van der Waals surface area (Å²) < 4.78 is 24.0. The van der Waals surface area contributed by atoms with E-state index in [0.29, 0.717) is 0 Å². The second kappa shape index (κ2) is 4.23. The molecule has 0 aliphatic heterocycles. The molecule has 0 aromatic rings. The average Bonchev–Trinajstić information content (AvgIpc) is 1.80. The van der Waals surface area contributed by atoms with Gasteiger partial charge < -0.3 is 0 Å². The standard InChI is InChI=1S/C7H15F2P/c1-7(2,3)6(4-8)10-5-9/h6,10H,4-5H2,1-3H3. The van der Waals surface area contributed by atoms with Gasteiger partial charge in [0, 0.05) is 5.66 Å². The smallest absolute Gasteiger partial charge is 0.106 e. The molecule has 0 saturated heterocycles. The summed E-state index contributed by atoms with van der Waals surface area (Å²) in [5.74, 6) is 0. The largest absolute Gasteiger partial charge is 0.250 e. The van der Waals surface area contributed by atoms with Crippen LogP contribution in [0.3, 0.4) is 0 Å². The lowest BCUT2D eigenvalue weighted by Crippen LogP contribution is -2.23. The summed E-state index contributed by atoms with van der Waals surface area (Å²) in [6, 6.07) is 0. The second-order valence-electron chi connectivity index (χ2n) is 3.41. The van der Waals surface area contributed by atoms with E-state index in [2.05, 4.69) is 0 Å². The van der Waals surface area contributed by atoms with Crippen molar-refractivity contribution in [2.45, 2.75) is 26.4 Å². The first kappa shape index (κ1) is 10.3. The van der Waals surface area contributed by atoms with Crippen molar-refractivity contribution in [1.29, 1.82) is 0 Å². The van der Waals surface area contributed by atoms with Gasteiger partial charge in [0.15, 0.2) is 0 Å². The van der Waals surface area contributed by atoms with E-state index in [4.69, 9.17) is 0 Å². The zero-order valence-corrected chi connectivity index (χ0v) is 7.75. The van der Waals surface area contributed by atoms with Crippen molar-refractivity contribution in [1.82, 2.24) is 0 Å². The van der Waals surface area contributed by atoms with E-state index in [-0.39, 0.29) is 26.1 Å². The first-order valence-electron chi connectivity index (χ1n) is 3.37. The Kier molecular flexibility index (Phi) is 4.35. The molecule has 3 heteroatoms. The highest BCUT2D eigenvalue weighted by molar-refractivity contribution is 7.38. The van der Waals surface area contributed by atoms with Crippen LogP contribution in [0.25, 0.3) is 0 Å². The van der Waals surface area contributed by atoms with Gasteiger partial charge in [-0.15, -0.1) is 0 Å². The minimum atomic E-state index is -0.397. The van der Waals surface area contributed by atoms with Gasteiger partial charge in [0.2, 0.25) is 0 Å². The van der Waals surface area contributed by atoms with Crippen LogP contribution in [0.15, 0.2) is 0 Å². The highest BCUT2D eigenvalue weighted by atomic mass is 31.1. The van der Waals surface area contributed by atoms with Crippen LogP contribution >= 0.6 is 8.58 Å². The van der Waals surface area contributed by atoms with Crippen LogP contribution in [-0.2, 0) is 0 Å². The number of alkyl halides is 2. The molecule has 2 unspecified atom stereocenters. The second-order valence-corrected chi connectivity index (χ2v) is 4.78. The number of rotatable bonds is 3. The van der Waals surface area contributed by atoms with Crippen molar-refractivity contribution < 1.29 is 8.78 Å². The first-order valence-corrected chi connectivity index (χ1v) is 4.66. The summed E-state index contributed by atoms with van der Waals surface area (Å²) in [4.78, 5) is 0. The van der Waals surface area contributed by atoms with Crippen LogP contribution in [-0.4, -0.2) is 18.7 Å². The molecule has 0 fully saturated rings. The Morgan fingerprint density at radius 3 is 1.90 bits per heavy atom. The Morgan fingerprint density at radius 2 is 1.80 bits per heavy atom. The first-order chi connectivity index (χ1) is 4.52. The van der Waals surface area contributed by atoms with Crippen LogP contribution in [0.1, 0.15) is 20.8 Å². The van der Waals surface area contributed by atoms with Crippen molar-refractivity contribution in [3.8, 4) is 0 Å². The van der Waals surface area contributed by atoms with Gasteiger partial charge in [-0.25, -0.2) is 4.39 Å². The van der Waals surface area contributed by atoms with Gasteiger partial charge in [-0.1, -0.05) is 29.4 Å². The molecular formula is C7H15F2P. The normalized spacial score (nSPS) is 16.5. The molecule has 0 N–H and O–H groups in total. The summed E-state index contributed by atoms with van der Waals surface area (Å²) >= 11 is 0. The SMILES string of the molecule is CC(C)(C)C(CF)PCF. The predicted octanol–water partition coefficient (Wildman–Crippen LogP) is 2.98. The fourth-order valence-electron chi connectivity index (χ4n) is 0.685. The lowest BCUT2D eigenvalue weighted by Gasteiger charge is -2.27. The third-order valence-electron chi connectivity index (χ3n) is 1.52. The van der Waals surface area contributed by atoms with Crippen molar-refractivity contribution >= 4 is 8.58 Å². The highest BCUT2D eigenvalue weighted by Gasteiger charge is 2.23. The fraction of sp³-hybridized carbons (Fsp3) is 1.00. The third kappa shape index (κ3) is 3.46. The lowest BCUT2D eigenvalue weighted by atomic mass is 9.92. The molecule has 0 rings (SSSR count). The molecule has 0 aliphatic carbocycles. The van der Waals surface area contributed by atoms with E-state index in [1.807, 2.05) is 20.8 Å². The van der Waals surface area contributed by atoms with E-state index < -0.39 is 6.67 Å². The quantitative estimate of drug-likeness (QED) is 0.568. The maximum Gasteiger partial charge on any atom is 0.106 e. The summed E-state index contributed by atoms with van der Waals surface area (Å²) in [7, 11) is 0.116. The zero-order chi connectivity index (χ0) is 8.20. The highest BCUT2D eigenvalue weighted by Crippen LogP contribution is 2.34. The predicted molar refractivity (Wildman–Crippen MR) is 43.5 cm³/mol. The van der Waals surface area contributed by atoms with Crippen LogP contribution in [0.5, 0.6) is 0 Å². The monoisotopic (exact) mass is 168 g/mol. The fourth-order valence-corrected chi connectivity index (χ4v) is 1.59. The summed E-state index contributed by atoms with van der Waals surface area (Å²) in [6.07, 6.45) is -0.383. The van der Waals surface area contributed by atoms with Crippen molar-refractivity contribution in [2.24, 2.45) is 5.41 Å². The van der Waals surface area contributed by atoms with Crippen molar-refractivity contribution in [3.05, 3.63) is 0 Å². The van der Waals surface area contributed by atoms with Crippen molar-refractivity contribution in [2.75, 3.05) is 13.1 Å². The lowest BCUT2D eigenvalue weighted by molar-refractivity contribution is 0.325. The molecule has 0 amide bonds. The number of hydrogen-bond acceptors (Lipinski definition) is 0. The van der Waals surface area contributed by atoms with Gasteiger partial charge in [0.1, 0.15) is 6.42 Å². The average molecular weight is 168 g/mol. The van der Waals surface area contributed by atoms with Gasteiger partial charge in [0.05, 0.1) is 6.67 Å². The third-order valence-corrected chi connectivity index (χ3v) is 3.19. The van der Waals surface area contributed by atoms with Gasteiger partial charge in [-0.05, 0) is 5.41 Å². The van der Waals surface area contributed by atoms with Crippen LogP contribution in [0, 0.1) is 5.41 Å². The molecule has 0 heterocycles. The van der Waals surface area contributed by atoms with Crippen LogP contribution < -0.4 is 0 Å². The Balaban J connectivity index is 3.81. The van der Waals surface area contributed by atoms with E-state index in [1.54, 1.807) is 0 Å². The Morgan fingerprint density at radius 1 is 1.30 bits per heavy atom. The molecule has 0 aromatic heterocycles. The summed E-state index contributed by atoms with van der Waals surface area (Å²) in [5.41, 5.74) is -0.184. The minimum absolute atomic E-state index is 0.0840. The molecule has 0 saturated carbocycles. The zero-order valence-electron chi connectivity index (χ0n) is 6.75. The molecule has 10 heavy (non-hydrogen) atoms. The molecule has 0 aromatic carbocycles. The molecule has 0 radical (unpaired) electrons. The molecule has 0 nitrogen and oxygen atoms in total. The van der Waals surface area contributed by atoms with Gasteiger partial charge in [-0.3, -0.25) is 4.39 Å². The number of hydrogen-bond donors (Lipinski definition) is 0.